The van der Waals surface area contributed by atoms with Crippen molar-refractivity contribution in [1.29, 1.82) is 0 Å². The number of ether oxygens (including phenoxy) is 1. The van der Waals surface area contributed by atoms with Gasteiger partial charge in [-0.3, -0.25) is 9.88 Å². The van der Waals surface area contributed by atoms with Gasteiger partial charge in [-0.25, -0.2) is 9.97 Å². The maximum absolute atomic E-state index is 5.92. The molecular weight excluding hydrogens is 416 g/mol. The lowest BCUT2D eigenvalue weighted by Crippen LogP contribution is -2.56. The molecule has 0 spiro atoms. The van der Waals surface area contributed by atoms with Gasteiger partial charge in [0.2, 0.25) is 0 Å². The van der Waals surface area contributed by atoms with Gasteiger partial charge in [0.25, 0.3) is 0 Å². The topological polar surface area (TPSA) is 96.8 Å². The molecule has 2 aliphatic heterocycles. The van der Waals surface area contributed by atoms with Crippen molar-refractivity contribution in [1.82, 2.24) is 24.3 Å². The molecule has 6 rings (SSSR count). The fourth-order valence-electron chi connectivity index (χ4n) is 4.42. The van der Waals surface area contributed by atoms with E-state index in [-0.39, 0.29) is 0 Å². The van der Waals surface area contributed by atoms with E-state index in [1.807, 2.05) is 22.9 Å². The van der Waals surface area contributed by atoms with Crippen molar-refractivity contribution in [3.63, 3.8) is 0 Å². The number of rotatable bonds is 5. The number of pyridine rings is 1. The summed E-state index contributed by atoms with van der Waals surface area (Å²) in [4.78, 5) is 18.5. The van der Waals surface area contributed by atoms with E-state index in [0.717, 1.165) is 62.0 Å². The van der Waals surface area contributed by atoms with E-state index in [1.54, 1.807) is 18.6 Å². The Labute approximate surface area is 191 Å². The average molecular weight is 443 g/mol. The molecule has 3 aromatic heterocycles. The van der Waals surface area contributed by atoms with Crippen molar-refractivity contribution < 1.29 is 4.74 Å². The molecule has 33 heavy (non-hydrogen) atoms. The zero-order chi connectivity index (χ0) is 22.2. The maximum atomic E-state index is 5.92. The normalized spacial score (nSPS) is 17.3. The Morgan fingerprint density at radius 1 is 1.03 bits per heavy atom. The van der Waals surface area contributed by atoms with Crippen molar-refractivity contribution >= 4 is 28.5 Å². The Bertz CT molecular complexity index is 1260. The van der Waals surface area contributed by atoms with Gasteiger partial charge >= 0.3 is 0 Å². The van der Waals surface area contributed by atoms with Gasteiger partial charge in [0.1, 0.15) is 0 Å². The summed E-state index contributed by atoms with van der Waals surface area (Å²) in [7, 11) is 0. The molecule has 1 aromatic carbocycles. The lowest BCUT2D eigenvalue weighted by molar-refractivity contribution is -0.0660. The third kappa shape index (κ3) is 3.96. The second-order valence-corrected chi connectivity index (χ2v) is 8.53. The van der Waals surface area contributed by atoms with Gasteiger partial charge in [0.05, 0.1) is 30.6 Å². The largest absolute Gasteiger partial charge is 0.397 e. The minimum atomic E-state index is 0.604. The van der Waals surface area contributed by atoms with Crippen LogP contribution in [-0.2, 0) is 4.74 Å². The minimum Gasteiger partial charge on any atom is -0.397 e. The summed E-state index contributed by atoms with van der Waals surface area (Å²) in [5.41, 5.74) is 11.1. The number of imidazole rings is 1. The quantitative estimate of drug-likeness (QED) is 0.487. The third-order valence-corrected chi connectivity index (χ3v) is 6.38. The number of fused-ring (bicyclic) bond motifs is 1. The van der Waals surface area contributed by atoms with Crippen LogP contribution in [0.15, 0.2) is 61.3 Å². The number of nitrogens with two attached hydrogens (primary N) is 1. The minimum absolute atomic E-state index is 0.604. The number of nitrogens with zero attached hydrogens (tertiary/aromatic N) is 6. The van der Waals surface area contributed by atoms with E-state index in [2.05, 4.69) is 49.4 Å². The second-order valence-electron chi connectivity index (χ2n) is 8.53. The highest BCUT2D eigenvalue weighted by atomic mass is 16.5. The van der Waals surface area contributed by atoms with Crippen LogP contribution in [0.1, 0.15) is 0 Å². The van der Waals surface area contributed by atoms with E-state index in [1.165, 1.54) is 5.69 Å². The maximum Gasteiger partial charge on any atom is 0.180 e. The van der Waals surface area contributed by atoms with Crippen LogP contribution in [0, 0.1) is 0 Å². The van der Waals surface area contributed by atoms with E-state index >= 15 is 0 Å². The SMILES string of the molecule is Nc1cncc(-c2cn3ccnc3c(Nc3ccc(N4CCN(C5COC5)CC4)cc3)n2)c1. The summed E-state index contributed by atoms with van der Waals surface area (Å²) in [6.45, 7) is 6.01. The molecule has 5 heterocycles. The molecule has 168 valence electrons. The number of piperazine rings is 1. The first-order valence-corrected chi connectivity index (χ1v) is 11.2. The molecule has 0 atom stereocenters. The summed E-state index contributed by atoms with van der Waals surface area (Å²) in [6, 6.07) is 11.0. The molecule has 0 unspecified atom stereocenters. The summed E-state index contributed by atoms with van der Waals surface area (Å²) in [5.74, 6) is 0.684. The predicted octanol–water partition coefficient (Wildman–Crippen LogP) is 2.64. The standard InChI is InChI=1S/C24H26N8O/c25-18-11-17(12-26-13-18)22-14-32-6-5-27-24(32)23(29-22)28-19-1-3-20(4-2-19)30-7-9-31(10-8-30)21-15-33-16-21/h1-6,11-14,21H,7-10,15-16,25H2,(H,28,29). The van der Waals surface area contributed by atoms with E-state index in [9.17, 15) is 0 Å². The molecule has 0 radical (unpaired) electrons. The summed E-state index contributed by atoms with van der Waals surface area (Å²) in [5, 5.41) is 3.44. The Kier molecular flexibility index (Phi) is 5.04. The molecule has 9 nitrogen and oxygen atoms in total. The summed E-state index contributed by atoms with van der Waals surface area (Å²) in [6.07, 6.45) is 8.99. The molecule has 2 saturated heterocycles. The molecular formula is C24H26N8O. The van der Waals surface area contributed by atoms with Crippen LogP contribution in [0.5, 0.6) is 0 Å². The summed E-state index contributed by atoms with van der Waals surface area (Å²) < 4.78 is 7.29. The van der Waals surface area contributed by atoms with Crippen LogP contribution in [-0.4, -0.2) is 69.7 Å². The Balaban J connectivity index is 1.20. The van der Waals surface area contributed by atoms with Crippen molar-refractivity contribution in [2.24, 2.45) is 0 Å². The smallest absolute Gasteiger partial charge is 0.180 e. The fraction of sp³-hybridized carbons (Fsp3) is 0.292. The van der Waals surface area contributed by atoms with E-state index in [0.29, 0.717) is 17.5 Å². The molecule has 0 saturated carbocycles. The van der Waals surface area contributed by atoms with Gasteiger partial charge in [0.15, 0.2) is 11.5 Å². The van der Waals surface area contributed by atoms with Crippen molar-refractivity contribution in [2.45, 2.75) is 6.04 Å². The van der Waals surface area contributed by atoms with Crippen molar-refractivity contribution in [3.05, 3.63) is 61.3 Å². The molecule has 2 aliphatic rings. The van der Waals surface area contributed by atoms with Gasteiger partial charge in [-0.1, -0.05) is 0 Å². The number of nitrogen functional groups attached to an aromatic ring is 1. The van der Waals surface area contributed by atoms with Gasteiger partial charge < -0.3 is 25.1 Å². The van der Waals surface area contributed by atoms with Gasteiger partial charge in [-0.15, -0.1) is 0 Å². The zero-order valence-corrected chi connectivity index (χ0v) is 18.3. The molecule has 9 heteroatoms. The van der Waals surface area contributed by atoms with Crippen molar-refractivity contribution in [3.8, 4) is 11.3 Å². The number of aromatic nitrogens is 4. The number of benzene rings is 1. The molecule has 2 fully saturated rings. The number of hydrogen-bond donors (Lipinski definition) is 2. The van der Waals surface area contributed by atoms with Gasteiger partial charge in [0, 0.05) is 74.1 Å². The zero-order valence-electron chi connectivity index (χ0n) is 18.3. The average Bonchev–Trinajstić information content (AvgIpc) is 3.28. The number of nitrogens with one attached hydrogen (secondary N) is 1. The van der Waals surface area contributed by atoms with Crippen LogP contribution < -0.4 is 16.0 Å². The molecule has 4 aromatic rings. The van der Waals surface area contributed by atoms with Crippen LogP contribution in [0.25, 0.3) is 16.9 Å². The molecule has 0 aliphatic carbocycles. The van der Waals surface area contributed by atoms with Crippen LogP contribution in [0.4, 0.5) is 22.9 Å². The molecule has 0 amide bonds. The lowest BCUT2D eigenvalue weighted by atomic mass is 10.1. The van der Waals surface area contributed by atoms with E-state index in [4.69, 9.17) is 15.5 Å². The first-order chi connectivity index (χ1) is 16.2. The first kappa shape index (κ1) is 20.0. The number of anilines is 4. The third-order valence-electron chi connectivity index (χ3n) is 6.38. The van der Waals surface area contributed by atoms with Crippen molar-refractivity contribution in [2.75, 3.05) is 55.3 Å². The second kappa shape index (κ2) is 8.34. The van der Waals surface area contributed by atoms with Crippen LogP contribution >= 0.6 is 0 Å². The summed E-state index contributed by atoms with van der Waals surface area (Å²) >= 11 is 0. The highest BCUT2D eigenvalue weighted by Crippen LogP contribution is 2.27. The predicted molar refractivity (Wildman–Crippen MR) is 129 cm³/mol. The first-order valence-electron chi connectivity index (χ1n) is 11.2. The Morgan fingerprint density at radius 2 is 1.85 bits per heavy atom. The monoisotopic (exact) mass is 442 g/mol. The van der Waals surface area contributed by atoms with Crippen LogP contribution in [0.2, 0.25) is 0 Å². The Hall–Kier alpha value is -3.69. The number of hydrogen-bond acceptors (Lipinski definition) is 8. The molecule has 3 N–H and O–H groups in total. The Morgan fingerprint density at radius 3 is 2.58 bits per heavy atom. The van der Waals surface area contributed by atoms with Gasteiger partial charge in [-0.05, 0) is 30.3 Å². The van der Waals surface area contributed by atoms with E-state index < -0.39 is 0 Å². The highest BCUT2D eigenvalue weighted by Gasteiger charge is 2.28. The fourth-order valence-corrected chi connectivity index (χ4v) is 4.42. The van der Waals surface area contributed by atoms with Gasteiger partial charge in [-0.2, -0.15) is 0 Å². The highest BCUT2D eigenvalue weighted by molar-refractivity contribution is 5.74. The molecule has 0 bridgehead atoms. The van der Waals surface area contributed by atoms with Crippen LogP contribution in [0.3, 0.4) is 0 Å². The lowest BCUT2D eigenvalue weighted by Gasteiger charge is -2.43.